The molecule has 3 nitrogen and oxygen atoms in total. The van der Waals surface area contributed by atoms with Gasteiger partial charge in [0.1, 0.15) is 5.52 Å². The first-order chi connectivity index (χ1) is 9.15. The highest BCUT2D eigenvalue weighted by Crippen LogP contribution is 2.38. The molecule has 1 atom stereocenters. The van der Waals surface area contributed by atoms with Crippen LogP contribution in [0.1, 0.15) is 38.6 Å². The number of nitrogens with zero attached hydrogens (tertiary/aromatic N) is 1. The predicted octanol–water partition coefficient (Wildman–Crippen LogP) is 3.28. The van der Waals surface area contributed by atoms with E-state index in [0.717, 1.165) is 42.9 Å². The summed E-state index contributed by atoms with van der Waals surface area (Å²) >= 11 is 0. The van der Waals surface area contributed by atoms with Crippen molar-refractivity contribution in [1.29, 1.82) is 0 Å². The third-order valence-corrected chi connectivity index (χ3v) is 4.58. The lowest BCUT2D eigenvalue weighted by Crippen LogP contribution is -2.35. The summed E-state index contributed by atoms with van der Waals surface area (Å²) in [4.78, 5) is 4.79. The molecule has 0 amide bonds. The molecule has 0 aliphatic carbocycles. The number of nitrogens with one attached hydrogen (secondary N) is 1. The van der Waals surface area contributed by atoms with Crippen molar-refractivity contribution in [1.82, 2.24) is 10.3 Å². The van der Waals surface area contributed by atoms with E-state index in [1.165, 1.54) is 5.56 Å². The highest BCUT2D eigenvalue weighted by molar-refractivity contribution is 5.73. The Morgan fingerprint density at radius 3 is 2.89 bits per heavy atom. The van der Waals surface area contributed by atoms with Gasteiger partial charge in [-0.15, -0.1) is 0 Å². The van der Waals surface area contributed by atoms with E-state index in [2.05, 4.69) is 44.3 Å². The average Bonchev–Trinajstić information content (AvgIpc) is 3.04. The van der Waals surface area contributed by atoms with Gasteiger partial charge in [0.2, 0.25) is 5.89 Å². The fourth-order valence-corrected chi connectivity index (χ4v) is 3.04. The van der Waals surface area contributed by atoms with E-state index in [0.29, 0.717) is 5.92 Å². The Morgan fingerprint density at radius 1 is 1.42 bits per heavy atom. The molecule has 3 heteroatoms. The largest absolute Gasteiger partial charge is 0.440 e. The predicted molar refractivity (Wildman–Crippen MR) is 77.4 cm³/mol. The molecule has 1 aliphatic heterocycles. The van der Waals surface area contributed by atoms with Gasteiger partial charge in [-0.2, -0.15) is 0 Å². The summed E-state index contributed by atoms with van der Waals surface area (Å²) in [5.74, 6) is 1.44. The summed E-state index contributed by atoms with van der Waals surface area (Å²) in [6.07, 6.45) is 2.15. The first-order valence-electron chi connectivity index (χ1n) is 7.26. The van der Waals surface area contributed by atoms with E-state index in [9.17, 15) is 0 Å². The molecule has 1 aliphatic rings. The van der Waals surface area contributed by atoms with E-state index in [1.54, 1.807) is 0 Å². The Labute approximate surface area is 114 Å². The average molecular weight is 258 g/mol. The third kappa shape index (κ3) is 1.96. The number of rotatable bonds is 3. The van der Waals surface area contributed by atoms with Gasteiger partial charge in [-0.1, -0.05) is 26.8 Å². The van der Waals surface area contributed by atoms with Crippen molar-refractivity contribution in [3.05, 3.63) is 29.7 Å². The van der Waals surface area contributed by atoms with Gasteiger partial charge in [-0.25, -0.2) is 4.98 Å². The lowest BCUT2D eigenvalue weighted by atomic mass is 9.76. The van der Waals surface area contributed by atoms with Crippen molar-refractivity contribution in [3.63, 3.8) is 0 Å². The van der Waals surface area contributed by atoms with Gasteiger partial charge in [-0.3, -0.25) is 0 Å². The van der Waals surface area contributed by atoms with Gasteiger partial charge in [0, 0.05) is 6.54 Å². The van der Waals surface area contributed by atoms with Gasteiger partial charge in [-0.05, 0) is 43.0 Å². The zero-order valence-electron chi connectivity index (χ0n) is 12.0. The molecule has 1 aromatic heterocycles. The molecule has 1 saturated heterocycles. The molecule has 1 aromatic carbocycles. The first kappa shape index (κ1) is 12.7. The van der Waals surface area contributed by atoms with Crippen LogP contribution in [-0.4, -0.2) is 18.1 Å². The van der Waals surface area contributed by atoms with Crippen molar-refractivity contribution in [2.24, 2.45) is 5.92 Å². The fourth-order valence-electron chi connectivity index (χ4n) is 3.04. The number of hydrogen-bond acceptors (Lipinski definition) is 3. The zero-order chi connectivity index (χ0) is 13.5. The summed E-state index contributed by atoms with van der Waals surface area (Å²) in [7, 11) is 0. The molecule has 2 heterocycles. The van der Waals surface area contributed by atoms with Crippen molar-refractivity contribution in [2.45, 2.75) is 39.0 Å². The van der Waals surface area contributed by atoms with Crippen molar-refractivity contribution >= 4 is 11.1 Å². The van der Waals surface area contributed by atoms with Crippen LogP contribution < -0.4 is 5.32 Å². The van der Waals surface area contributed by atoms with Gasteiger partial charge < -0.3 is 9.73 Å². The van der Waals surface area contributed by atoms with Gasteiger partial charge in [0.15, 0.2) is 5.58 Å². The van der Waals surface area contributed by atoms with Crippen LogP contribution in [0.5, 0.6) is 0 Å². The highest BCUT2D eigenvalue weighted by Gasteiger charge is 2.42. The third-order valence-electron chi connectivity index (χ3n) is 4.58. The van der Waals surface area contributed by atoms with Crippen molar-refractivity contribution in [3.8, 4) is 0 Å². The Morgan fingerprint density at radius 2 is 2.26 bits per heavy atom. The van der Waals surface area contributed by atoms with Crippen LogP contribution >= 0.6 is 0 Å². The molecule has 0 spiro atoms. The monoisotopic (exact) mass is 258 g/mol. The molecular weight excluding hydrogens is 236 g/mol. The van der Waals surface area contributed by atoms with Gasteiger partial charge in [0.25, 0.3) is 0 Å². The zero-order valence-corrected chi connectivity index (χ0v) is 12.0. The van der Waals surface area contributed by atoms with Crippen LogP contribution in [0.2, 0.25) is 0 Å². The summed E-state index contributed by atoms with van der Waals surface area (Å²) in [6, 6.07) is 6.34. The summed E-state index contributed by atoms with van der Waals surface area (Å²) in [5, 5.41) is 3.46. The van der Waals surface area contributed by atoms with Gasteiger partial charge in [0.05, 0.1) is 5.41 Å². The van der Waals surface area contributed by atoms with Gasteiger partial charge >= 0.3 is 0 Å². The number of aromatic nitrogens is 1. The molecule has 19 heavy (non-hydrogen) atoms. The maximum atomic E-state index is 6.07. The first-order valence-corrected chi connectivity index (χ1v) is 7.26. The Bertz CT molecular complexity index is 579. The quantitative estimate of drug-likeness (QED) is 0.918. The summed E-state index contributed by atoms with van der Waals surface area (Å²) < 4.78 is 6.07. The lowest BCUT2D eigenvalue weighted by molar-refractivity contribution is 0.269. The number of hydrogen-bond donors (Lipinski definition) is 1. The highest BCUT2D eigenvalue weighted by atomic mass is 16.3. The molecule has 3 rings (SSSR count). The van der Waals surface area contributed by atoms with E-state index < -0.39 is 0 Å². The summed E-state index contributed by atoms with van der Waals surface area (Å²) in [6.45, 7) is 8.71. The maximum absolute atomic E-state index is 6.07. The molecule has 102 valence electrons. The number of oxazole rings is 1. The molecule has 0 bridgehead atoms. The topological polar surface area (TPSA) is 38.1 Å². The van der Waals surface area contributed by atoms with Crippen LogP contribution in [-0.2, 0) is 11.8 Å². The number of benzene rings is 1. The second-order valence-electron chi connectivity index (χ2n) is 5.91. The molecule has 1 fully saturated rings. The van der Waals surface area contributed by atoms with Crippen LogP contribution in [0.15, 0.2) is 22.6 Å². The van der Waals surface area contributed by atoms with Crippen LogP contribution in [0, 0.1) is 5.92 Å². The van der Waals surface area contributed by atoms with Crippen LogP contribution in [0.4, 0.5) is 0 Å². The molecule has 0 radical (unpaired) electrons. The Hall–Kier alpha value is -1.35. The standard InChI is InChI=1S/C16H22N2O/c1-4-12-5-6-14-13(9-12)18-15(19-14)16(11(2)3)7-8-17-10-16/h5-6,9,11,17H,4,7-8,10H2,1-3H3. The van der Waals surface area contributed by atoms with E-state index in [-0.39, 0.29) is 5.41 Å². The van der Waals surface area contributed by atoms with E-state index in [1.807, 2.05) is 0 Å². The smallest absolute Gasteiger partial charge is 0.203 e. The molecule has 2 aromatic rings. The van der Waals surface area contributed by atoms with Crippen LogP contribution in [0.3, 0.4) is 0 Å². The SMILES string of the molecule is CCc1ccc2oc(C3(C(C)C)CCNC3)nc2c1. The Balaban J connectivity index is 2.09. The molecule has 1 N–H and O–H groups in total. The minimum Gasteiger partial charge on any atom is -0.440 e. The van der Waals surface area contributed by atoms with E-state index >= 15 is 0 Å². The minimum absolute atomic E-state index is 0.0609. The van der Waals surface area contributed by atoms with Crippen molar-refractivity contribution < 1.29 is 4.42 Å². The Kier molecular flexibility index (Phi) is 3.09. The van der Waals surface area contributed by atoms with Crippen molar-refractivity contribution in [2.75, 3.05) is 13.1 Å². The number of fused-ring (bicyclic) bond motifs is 1. The summed E-state index contributed by atoms with van der Waals surface area (Å²) in [5.41, 5.74) is 3.29. The lowest BCUT2D eigenvalue weighted by Gasteiger charge is -2.28. The second-order valence-corrected chi connectivity index (χ2v) is 5.91. The fraction of sp³-hybridized carbons (Fsp3) is 0.562. The van der Waals surface area contributed by atoms with E-state index in [4.69, 9.17) is 9.40 Å². The van der Waals surface area contributed by atoms with Crippen LogP contribution in [0.25, 0.3) is 11.1 Å². The minimum atomic E-state index is 0.0609. The molecular formula is C16H22N2O. The molecule has 0 saturated carbocycles. The normalized spacial score (nSPS) is 23.6. The number of aryl methyl sites for hydroxylation is 1. The molecule has 1 unspecified atom stereocenters. The second kappa shape index (κ2) is 4.64. The maximum Gasteiger partial charge on any atom is 0.203 e.